The third-order valence-corrected chi connectivity index (χ3v) is 3.77. The highest BCUT2D eigenvalue weighted by atomic mass is 16.5. The highest BCUT2D eigenvalue weighted by Gasteiger charge is 2.22. The van der Waals surface area contributed by atoms with Crippen LogP contribution < -0.4 is 5.32 Å². The third kappa shape index (κ3) is 3.85. The Labute approximate surface area is 144 Å². The van der Waals surface area contributed by atoms with Crippen molar-refractivity contribution in [1.82, 2.24) is 4.98 Å². The van der Waals surface area contributed by atoms with Gasteiger partial charge in [0, 0.05) is 5.69 Å². The molecule has 0 bridgehead atoms. The van der Waals surface area contributed by atoms with Crippen molar-refractivity contribution < 1.29 is 18.7 Å². The van der Waals surface area contributed by atoms with E-state index in [1.807, 2.05) is 25.1 Å². The highest BCUT2D eigenvalue weighted by molar-refractivity contribution is 5.98. The SMILES string of the molecule is CCC(OC(=O)c1ccc2ncoc2c1)C(=O)Nc1cccc(C)c1. The Hall–Kier alpha value is -3.15. The van der Waals surface area contributed by atoms with Gasteiger partial charge in [-0.15, -0.1) is 0 Å². The van der Waals surface area contributed by atoms with Gasteiger partial charge in [-0.05, 0) is 49.2 Å². The number of ether oxygens (including phenoxy) is 1. The summed E-state index contributed by atoms with van der Waals surface area (Å²) in [7, 11) is 0. The van der Waals surface area contributed by atoms with Crippen LogP contribution in [0.4, 0.5) is 5.69 Å². The zero-order chi connectivity index (χ0) is 17.8. The lowest BCUT2D eigenvalue weighted by molar-refractivity contribution is -0.124. The number of carbonyl (C=O) groups excluding carboxylic acids is 2. The number of nitrogens with one attached hydrogen (secondary N) is 1. The number of rotatable bonds is 5. The average molecular weight is 338 g/mol. The van der Waals surface area contributed by atoms with Crippen molar-refractivity contribution in [3.63, 3.8) is 0 Å². The molecule has 25 heavy (non-hydrogen) atoms. The van der Waals surface area contributed by atoms with Crippen LogP contribution in [0.25, 0.3) is 11.1 Å². The number of oxazole rings is 1. The normalized spacial score (nSPS) is 11.9. The number of anilines is 1. The number of aryl methyl sites for hydroxylation is 1. The van der Waals surface area contributed by atoms with Crippen LogP contribution >= 0.6 is 0 Å². The molecule has 0 aliphatic rings. The Balaban J connectivity index is 1.69. The largest absolute Gasteiger partial charge is 0.449 e. The number of hydrogen-bond donors (Lipinski definition) is 1. The molecule has 0 aliphatic carbocycles. The number of carbonyl (C=O) groups is 2. The molecule has 0 saturated heterocycles. The second-order valence-electron chi connectivity index (χ2n) is 5.70. The van der Waals surface area contributed by atoms with E-state index in [0.717, 1.165) is 5.56 Å². The standard InChI is InChI=1S/C19H18N2O4/c1-3-16(18(22)21-14-6-4-5-12(2)9-14)25-19(23)13-7-8-15-17(10-13)24-11-20-15/h4-11,16H,3H2,1-2H3,(H,21,22). The fourth-order valence-corrected chi connectivity index (χ4v) is 2.45. The molecule has 1 aromatic heterocycles. The van der Waals surface area contributed by atoms with Gasteiger partial charge in [-0.2, -0.15) is 0 Å². The second-order valence-corrected chi connectivity index (χ2v) is 5.70. The van der Waals surface area contributed by atoms with Gasteiger partial charge in [0.05, 0.1) is 5.56 Å². The van der Waals surface area contributed by atoms with Crippen LogP contribution in [0.15, 0.2) is 53.3 Å². The summed E-state index contributed by atoms with van der Waals surface area (Å²) in [6.45, 7) is 3.72. The molecule has 0 aliphatic heterocycles. The minimum absolute atomic E-state index is 0.311. The molecule has 2 aromatic carbocycles. The first-order chi connectivity index (χ1) is 12.1. The highest BCUT2D eigenvalue weighted by Crippen LogP contribution is 2.17. The minimum atomic E-state index is -0.876. The predicted molar refractivity (Wildman–Crippen MR) is 93.3 cm³/mol. The van der Waals surface area contributed by atoms with Crippen molar-refractivity contribution in [2.75, 3.05) is 5.32 Å². The van der Waals surface area contributed by atoms with Gasteiger partial charge in [-0.25, -0.2) is 9.78 Å². The molecule has 6 nitrogen and oxygen atoms in total. The molecule has 0 radical (unpaired) electrons. The summed E-state index contributed by atoms with van der Waals surface area (Å²) in [5.74, 6) is -0.938. The number of esters is 1. The van der Waals surface area contributed by atoms with Crippen LogP contribution in [0.5, 0.6) is 0 Å². The van der Waals surface area contributed by atoms with E-state index in [4.69, 9.17) is 9.15 Å². The molecule has 3 rings (SSSR count). The first kappa shape index (κ1) is 16.7. The molecule has 0 saturated carbocycles. The number of fused-ring (bicyclic) bond motifs is 1. The number of nitrogens with zero attached hydrogens (tertiary/aromatic N) is 1. The van der Waals surface area contributed by atoms with Crippen molar-refractivity contribution in [1.29, 1.82) is 0 Å². The van der Waals surface area contributed by atoms with E-state index < -0.39 is 12.1 Å². The monoisotopic (exact) mass is 338 g/mol. The topological polar surface area (TPSA) is 81.4 Å². The van der Waals surface area contributed by atoms with Crippen LogP contribution in [-0.4, -0.2) is 23.0 Å². The van der Waals surface area contributed by atoms with Gasteiger partial charge >= 0.3 is 5.97 Å². The molecule has 0 spiro atoms. The van der Waals surface area contributed by atoms with Crippen molar-refractivity contribution in [2.24, 2.45) is 0 Å². The van der Waals surface area contributed by atoms with E-state index in [-0.39, 0.29) is 5.91 Å². The summed E-state index contributed by atoms with van der Waals surface area (Å²) in [5, 5.41) is 2.77. The number of benzene rings is 2. The molecule has 1 N–H and O–H groups in total. The van der Waals surface area contributed by atoms with Gasteiger partial charge in [-0.1, -0.05) is 19.1 Å². The van der Waals surface area contributed by atoms with E-state index >= 15 is 0 Å². The van der Waals surface area contributed by atoms with Gasteiger partial charge in [-0.3, -0.25) is 4.79 Å². The Morgan fingerprint density at radius 2 is 2.08 bits per heavy atom. The van der Waals surface area contributed by atoms with Gasteiger partial charge in [0.1, 0.15) is 5.52 Å². The molecule has 3 aromatic rings. The van der Waals surface area contributed by atoms with Crippen molar-refractivity contribution in [3.8, 4) is 0 Å². The molecule has 0 fully saturated rings. The van der Waals surface area contributed by atoms with E-state index in [0.29, 0.717) is 28.8 Å². The lowest BCUT2D eigenvalue weighted by Crippen LogP contribution is -2.32. The number of amides is 1. The third-order valence-electron chi connectivity index (χ3n) is 3.77. The molecule has 6 heteroatoms. The van der Waals surface area contributed by atoms with Gasteiger partial charge in [0.25, 0.3) is 5.91 Å². The lowest BCUT2D eigenvalue weighted by Gasteiger charge is -2.16. The zero-order valence-electron chi connectivity index (χ0n) is 14.0. The fraction of sp³-hybridized carbons (Fsp3) is 0.211. The first-order valence-corrected chi connectivity index (χ1v) is 7.98. The van der Waals surface area contributed by atoms with Gasteiger partial charge < -0.3 is 14.5 Å². The summed E-state index contributed by atoms with van der Waals surface area (Å²) in [4.78, 5) is 28.7. The Morgan fingerprint density at radius 1 is 1.24 bits per heavy atom. The van der Waals surface area contributed by atoms with E-state index in [9.17, 15) is 9.59 Å². The quantitative estimate of drug-likeness (QED) is 0.717. The Kier molecular flexibility index (Phi) is 4.79. The number of hydrogen-bond acceptors (Lipinski definition) is 5. The van der Waals surface area contributed by atoms with Gasteiger partial charge in [0.2, 0.25) is 0 Å². The predicted octanol–water partition coefficient (Wildman–Crippen LogP) is 3.71. The first-order valence-electron chi connectivity index (χ1n) is 7.98. The minimum Gasteiger partial charge on any atom is -0.449 e. The Morgan fingerprint density at radius 3 is 2.84 bits per heavy atom. The number of aromatic nitrogens is 1. The molecular formula is C19H18N2O4. The smallest absolute Gasteiger partial charge is 0.339 e. The summed E-state index contributed by atoms with van der Waals surface area (Å²) < 4.78 is 10.5. The summed E-state index contributed by atoms with van der Waals surface area (Å²) in [6, 6.07) is 12.2. The maximum atomic E-state index is 12.4. The molecule has 1 unspecified atom stereocenters. The van der Waals surface area contributed by atoms with E-state index in [2.05, 4.69) is 10.3 Å². The summed E-state index contributed by atoms with van der Waals surface area (Å²) in [5.41, 5.74) is 3.16. The second kappa shape index (κ2) is 7.17. The van der Waals surface area contributed by atoms with Crippen LogP contribution in [0.1, 0.15) is 29.3 Å². The average Bonchev–Trinajstić information content (AvgIpc) is 3.07. The maximum absolute atomic E-state index is 12.4. The van der Waals surface area contributed by atoms with Crippen LogP contribution in [-0.2, 0) is 9.53 Å². The van der Waals surface area contributed by atoms with Gasteiger partial charge in [0.15, 0.2) is 18.1 Å². The molecule has 1 heterocycles. The van der Waals surface area contributed by atoms with Crippen molar-refractivity contribution in [3.05, 3.63) is 60.0 Å². The summed E-state index contributed by atoms with van der Waals surface area (Å²) in [6.07, 6.45) is 0.802. The van der Waals surface area contributed by atoms with Crippen molar-refractivity contribution in [2.45, 2.75) is 26.4 Å². The van der Waals surface area contributed by atoms with Crippen LogP contribution in [0.2, 0.25) is 0 Å². The van der Waals surface area contributed by atoms with Crippen molar-refractivity contribution >= 4 is 28.7 Å². The lowest BCUT2D eigenvalue weighted by atomic mass is 10.2. The molecule has 1 amide bonds. The maximum Gasteiger partial charge on any atom is 0.339 e. The Bertz CT molecular complexity index is 916. The molecular weight excluding hydrogens is 320 g/mol. The van der Waals surface area contributed by atoms with E-state index in [1.165, 1.54) is 6.39 Å². The van der Waals surface area contributed by atoms with Crippen LogP contribution in [0, 0.1) is 6.92 Å². The zero-order valence-corrected chi connectivity index (χ0v) is 14.0. The van der Waals surface area contributed by atoms with E-state index in [1.54, 1.807) is 31.2 Å². The molecule has 128 valence electrons. The molecule has 1 atom stereocenters. The summed E-state index contributed by atoms with van der Waals surface area (Å²) >= 11 is 0. The fourth-order valence-electron chi connectivity index (χ4n) is 2.45. The van der Waals surface area contributed by atoms with Crippen LogP contribution in [0.3, 0.4) is 0 Å².